The van der Waals surface area contributed by atoms with E-state index in [1.807, 2.05) is 0 Å². The van der Waals surface area contributed by atoms with Crippen LogP contribution in [0.2, 0.25) is 5.02 Å². The van der Waals surface area contributed by atoms with Crippen molar-refractivity contribution in [2.45, 2.75) is 24.7 Å². The van der Waals surface area contributed by atoms with Crippen LogP contribution in [0.3, 0.4) is 0 Å². The smallest absolute Gasteiger partial charge is 0.327 e. The van der Waals surface area contributed by atoms with Crippen LogP contribution >= 0.6 is 22.9 Å². The predicted octanol–water partition coefficient (Wildman–Crippen LogP) is 4.81. The first kappa shape index (κ1) is 22.1. The molecule has 0 spiro atoms. The van der Waals surface area contributed by atoms with Crippen LogP contribution in [0.15, 0.2) is 52.9 Å². The van der Waals surface area contributed by atoms with Gasteiger partial charge in [0.15, 0.2) is 10.8 Å². The van der Waals surface area contributed by atoms with E-state index < -0.39 is 24.1 Å². The normalized spacial score (nSPS) is 22.8. The molecule has 1 aromatic carbocycles. The molecule has 2 aliphatic heterocycles. The standard InChI is InChI=1S/C21H17ClF4N6S/c22-14-5-12(23)1-2-13(14)17-16(11-7-29-32(8-11)20(24)25)15-6-21(26,9-27)10-31(15)18(30-17)19-28-3-4-33-19/h1-5,7-8,17,20H,6,9-10,27H2/t17-,21?/m0/s1. The molecule has 1 saturated heterocycles. The number of nitrogens with zero attached hydrogens (tertiary/aromatic N) is 5. The highest BCUT2D eigenvalue weighted by atomic mass is 35.5. The molecule has 2 aromatic heterocycles. The van der Waals surface area contributed by atoms with Crippen LogP contribution in [0.25, 0.3) is 5.57 Å². The zero-order valence-electron chi connectivity index (χ0n) is 16.9. The molecule has 5 rings (SSSR count). The minimum absolute atomic E-state index is 0.0571. The van der Waals surface area contributed by atoms with E-state index in [0.29, 0.717) is 37.9 Å². The Morgan fingerprint density at radius 2 is 2.15 bits per heavy atom. The summed E-state index contributed by atoms with van der Waals surface area (Å²) in [6.45, 7) is -3.14. The fourth-order valence-corrected chi connectivity index (χ4v) is 5.10. The lowest BCUT2D eigenvalue weighted by Gasteiger charge is -2.32. The number of rotatable bonds is 5. The summed E-state index contributed by atoms with van der Waals surface area (Å²) in [4.78, 5) is 10.8. The first-order valence-electron chi connectivity index (χ1n) is 9.94. The molecule has 0 aliphatic carbocycles. The fourth-order valence-electron chi connectivity index (χ4n) is 4.19. The van der Waals surface area contributed by atoms with E-state index in [1.165, 1.54) is 35.9 Å². The number of halogens is 5. The third-order valence-corrected chi connectivity index (χ3v) is 6.80. The summed E-state index contributed by atoms with van der Waals surface area (Å²) in [5.74, 6) is -0.111. The van der Waals surface area contributed by atoms with Gasteiger partial charge in [-0.05, 0) is 17.7 Å². The molecular formula is C21H17ClF4N6S. The number of thiazole rings is 1. The number of amidine groups is 1. The highest BCUT2D eigenvalue weighted by Crippen LogP contribution is 2.48. The maximum Gasteiger partial charge on any atom is 0.333 e. The van der Waals surface area contributed by atoms with Gasteiger partial charge in [-0.15, -0.1) is 11.3 Å². The molecule has 0 radical (unpaired) electrons. The molecule has 0 bridgehead atoms. The molecule has 1 fully saturated rings. The van der Waals surface area contributed by atoms with Crippen molar-refractivity contribution in [1.29, 1.82) is 0 Å². The predicted molar refractivity (Wildman–Crippen MR) is 117 cm³/mol. The van der Waals surface area contributed by atoms with Crippen molar-refractivity contribution in [2.24, 2.45) is 10.7 Å². The summed E-state index contributed by atoms with van der Waals surface area (Å²) >= 11 is 7.70. The Labute approximate surface area is 195 Å². The fraction of sp³-hybridized carbons (Fsp3) is 0.286. The molecule has 1 unspecified atom stereocenters. The number of alkyl halides is 3. The first-order valence-corrected chi connectivity index (χ1v) is 11.2. The Morgan fingerprint density at radius 1 is 1.33 bits per heavy atom. The van der Waals surface area contributed by atoms with Gasteiger partial charge in [0.05, 0.1) is 12.7 Å². The zero-order chi connectivity index (χ0) is 23.3. The van der Waals surface area contributed by atoms with Crippen LogP contribution in [0.1, 0.15) is 35.1 Å². The number of nitrogens with two attached hydrogens (primary N) is 1. The van der Waals surface area contributed by atoms with Crippen molar-refractivity contribution in [1.82, 2.24) is 19.7 Å². The number of aromatic nitrogens is 3. The number of fused-ring (bicyclic) bond motifs is 1. The molecule has 33 heavy (non-hydrogen) atoms. The lowest BCUT2D eigenvalue weighted by molar-refractivity contribution is 0.0566. The molecule has 2 atom stereocenters. The van der Waals surface area contributed by atoms with Crippen LogP contribution in [-0.2, 0) is 0 Å². The minimum atomic E-state index is -2.85. The average Bonchev–Trinajstić information content (AvgIpc) is 3.52. The first-order chi connectivity index (χ1) is 15.8. The van der Waals surface area contributed by atoms with E-state index in [9.17, 15) is 13.2 Å². The quantitative estimate of drug-likeness (QED) is 0.514. The van der Waals surface area contributed by atoms with E-state index >= 15 is 4.39 Å². The number of aliphatic imine (C=N–C) groups is 1. The highest BCUT2D eigenvalue weighted by molar-refractivity contribution is 7.11. The minimum Gasteiger partial charge on any atom is -0.327 e. The van der Waals surface area contributed by atoms with E-state index in [2.05, 4.69) is 10.1 Å². The van der Waals surface area contributed by atoms with Gasteiger partial charge >= 0.3 is 6.55 Å². The van der Waals surface area contributed by atoms with Crippen LogP contribution in [0.4, 0.5) is 17.6 Å². The lowest BCUT2D eigenvalue weighted by Crippen LogP contribution is -2.39. The van der Waals surface area contributed by atoms with Crippen molar-refractivity contribution < 1.29 is 17.6 Å². The SMILES string of the molecule is NCC1(F)CC2=C(c3cnn(C(F)F)c3)[C@H](c3ccc(F)cc3Cl)N=C(c3nccs3)N2C1. The highest BCUT2D eigenvalue weighted by Gasteiger charge is 2.47. The molecule has 12 heteroatoms. The molecule has 172 valence electrons. The van der Waals surface area contributed by atoms with Crippen molar-refractivity contribution in [3.05, 3.63) is 74.8 Å². The Balaban J connectivity index is 1.76. The van der Waals surface area contributed by atoms with Gasteiger partial charge in [0.1, 0.15) is 17.5 Å². The maximum absolute atomic E-state index is 15.6. The molecule has 4 heterocycles. The van der Waals surface area contributed by atoms with E-state index in [-0.39, 0.29) is 24.5 Å². The summed E-state index contributed by atoms with van der Waals surface area (Å²) < 4.78 is 56.4. The van der Waals surface area contributed by atoms with Gasteiger partial charge in [0.2, 0.25) is 0 Å². The second kappa shape index (κ2) is 8.23. The lowest BCUT2D eigenvalue weighted by atomic mass is 9.90. The largest absolute Gasteiger partial charge is 0.333 e. The van der Waals surface area contributed by atoms with Crippen LogP contribution in [0, 0.1) is 5.82 Å². The van der Waals surface area contributed by atoms with E-state index in [0.717, 1.165) is 6.07 Å². The number of hydrogen-bond donors (Lipinski definition) is 1. The number of allylic oxidation sites excluding steroid dienone is 1. The van der Waals surface area contributed by atoms with Gasteiger partial charge in [0, 0.05) is 52.6 Å². The van der Waals surface area contributed by atoms with Crippen molar-refractivity contribution in [3.63, 3.8) is 0 Å². The second-order valence-electron chi connectivity index (χ2n) is 7.82. The Hall–Kier alpha value is -2.76. The zero-order valence-corrected chi connectivity index (χ0v) is 18.5. The molecule has 6 nitrogen and oxygen atoms in total. The molecular weight excluding hydrogens is 480 g/mol. The van der Waals surface area contributed by atoms with Crippen molar-refractivity contribution in [3.8, 4) is 0 Å². The third kappa shape index (κ3) is 3.83. The van der Waals surface area contributed by atoms with Crippen LogP contribution < -0.4 is 5.73 Å². The molecule has 2 N–H and O–H groups in total. The molecule has 0 amide bonds. The molecule has 0 saturated carbocycles. The topological polar surface area (TPSA) is 72.3 Å². The summed E-state index contributed by atoms with van der Waals surface area (Å²) in [7, 11) is 0. The third-order valence-electron chi connectivity index (χ3n) is 5.70. The maximum atomic E-state index is 15.6. The summed E-state index contributed by atoms with van der Waals surface area (Å²) in [5, 5.41) is 6.17. The van der Waals surface area contributed by atoms with Crippen LogP contribution in [-0.4, -0.2) is 44.3 Å². The number of hydrogen-bond acceptors (Lipinski definition) is 6. The average molecular weight is 497 g/mol. The van der Waals surface area contributed by atoms with Crippen molar-refractivity contribution >= 4 is 34.3 Å². The molecule has 3 aromatic rings. The summed E-state index contributed by atoms with van der Waals surface area (Å²) in [6, 6.07) is 3.06. The monoisotopic (exact) mass is 496 g/mol. The summed E-state index contributed by atoms with van der Waals surface area (Å²) in [5.41, 5.74) is 5.77. The van der Waals surface area contributed by atoms with Crippen molar-refractivity contribution in [2.75, 3.05) is 13.1 Å². The summed E-state index contributed by atoms with van der Waals surface area (Å²) in [6.07, 6.45) is 4.01. The Kier molecular flexibility index (Phi) is 5.50. The Morgan fingerprint density at radius 3 is 2.79 bits per heavy atom. The van der Waals surface area contributed by atoms with E-state index in [1.54, 1.807) is 16.5 Å². The van der Waals surface area contributed by atoms with Gasteiger partial charge in [-0.25, -0.2) is 18.4 Å². The van der Waals surface area contributed by atoms with Gasteiger partial charge in [-0.1, -0.05) is 17.7 Å². The van der Waals surface area contributed by atoms with Gasteiger partial charge in [-0.3, -0.25) is 4.99 Å². The Bertz CT molecular complexity index is 1260. The van der Waals surface area contributed by atoms with E-state index in [4.69, 9.17) is 22.3 Å². The second-order valence-corrected chi connectivity index (χ2v) is 9.13. The van der Waals surface area contributed by atoms with Gasteiger partial charge in [-0.2, -0.15) is 13.9 Å². The molecule has 2 aliphatic rings. The van der Waals surface area contributed by atoms with Crippen LogP contribution in [0.5, 0.6) is 0 Å². The number of benzene rings is 1. The van der Waals surface area contributed by atoms with Gasteiger partial charge < -0.3 is 10.6 Å². The van der Waals surface area contributed by atoms with Gasteiger partial charge in [0.25, 0.3) is 0 Å².